The van der Waals surface area contributed by atoms with E-state index in [1.165, 1.54) is 11.3 Å². The summed E-state index contributed by atoms with van der Waals surface area (Å²) in [7, 11) is 0. The van der Waals surface area contributed by atoms with Gasteiger partial charge in [-0.05, 0) is 35.9 Å². The predicted molar refractivity (Wildman–Crippen MR) is 138 cm³/mol. The van der Waals surface area contributed by atoms with E-state index in [4.69, 9.17) is 5.73 Å². The number of pyridine rings is 1. The first-order valence-corrected chi connectivity index (χ1v) is 12.0. The summed E-state index contributed by atoms with van der Waals surface area (Å²) in [5.74, 6) is -0.363. The minimum atomic E-state index is -1.17. The third-order valence-corrected chi connectivity index (χ3v) is 6.88. The second kappa shape index (κ2) is 9.71. The lowest BCUT2D eigenvalue weighted by molar-refractivity contribution is 0.100. The van der Waals surface area contributed by atoms with Gasteiger partial charge in [0, 0.05) is 28.8 Å². The fourth-order valence-electron chi connectivity index (χ4n) is 4.21. The number of primary amides is 1. The molecule has 4 aromatic rings. The van der Waals surface area contributed by atoms with E-state index in [1.54, 1.807) is 17.6 Å². The van der Waals surface area contributed by atoms with Gasteiger partial charge in [0.15, 0.2) is 0 Å². The topological polar surface area (TPSA) is 127 Å². The number of nitrogens with zero attached hydrogens (tertiary/aromatic N) is 2. The third-order valence-electron chi connectivity index (χ3n) is 5.66. The molecule has 2 amide bonds. The van der Waals surface area contributed by atoms with Crippen LogP contribution in [0.15, 0.2) is 53.3 Å². The number of nitrogens with two attached hydrogens (primary N) is 1. The molecule has 0 unspecified atom stereocenters. The molecule has 4 N–H and O–H groups in total. The molecule has 0 aliphatic rings. The molecule has 0 fully saturated rings. The summed E-state index contributed by atoms with van der Waals surface area (Å²) in [6.45, 7) is 6.18. The Morgan fingerprint density at radius 2 is 1.83 bits per heavy atom. The lowest BCUT2D eigenvalue weighted by Crippen LogP contribution is -2.31. The van der Waals surface area contributed by atoms with Crippen LogP contribution < -0.4 is 16.6 Å². The van der Waals surface area contributed by atoms with Crippen LogP contribution in [0, 0.1) is 12.8 Å². The monoisotopic (exact) mass is 490 g/mol. The van der Waals surface area contributed by atoms with Crippen LogP contribution in [0.2, 0.25) is 0 Å². The van der Waals surface area contributed by atoms with Crippen LogP contribution in [-0.4, -0.2) is 26.7 Å². The van der Waals surface area contributed by atoms with E-state index in [0.717, 1.165) is 16.7 Å². The number of nitrogens with one attached hydrogen (secondary N) is 1. The van der Waals surface area contributed by atoms with Crippen LogP contribution >= 0.6 is 11.3 Å². The molecule has 4 rings (SSSR count). The van der Waals surface area contributed by atoms with Gasteiger partial charge in [0.25, 0.3) is 11.5 Å². The summed E-state index contributed by atoms with van der Waals surface area (Å²) in [6, 6.07) is 15.1. The molecule has 0 radical (unpaired) electrons. The first-order chi connectivity index (χ1) is 16.7. The standard InChI is InChI=1S/C26H26N4O4S/c1-14(2)13-30-20(12-28-26(33)34)21(16-7-5-4-6-8-16)19-11-17(9-10-18(19)25(30)32)24-29-15(3)22(35-24)23(27)31/h4-11,14,28H,12-13H2,1-3H3,(H2,27,31)(H,33,34). The van der Waals surface area contributed by atoms with Gasteiger partial charge < -0.3 is 20.7 Å². The Labute approximate surface area is 206 Å². The number of fused-ring (bicyclic) bond motifs is 1. The van der Waals surface area contributed by atoms with Gasteiger partial charge in [-0.1, -0.05) is 50.2 Å². The van der Waals surface area contributed by atoms with Crippen molar-refractivity contribution in [2.45, 2.75) is 33.9 Å². The highest BCUT2D eigenvalue weighted by atomic mass is 32.1. The molecule has 0 spiro atoms. The van der Waals surface area contributed by atoms with Gasteiger partial charge in [-0.15, -0.1) is 11.3 Å². The molecule has 0 saturated heterocycles. The van der Waals surface area contributed by atoms with Crippen molar-refractivity contribution in [2.24, 2.45) is 11.7 Å². The van der Waals surface area contributed by atoms with E-state index in [0.29, 0.717) is 38.6 Å². The Morgan fingerprint density at radius 1 is 1.11 bits per heavy atom. The molecule has 0 bridgehead atoms. The maximum atomic E-state index is 13.6. The molecule has 0 aliphatic heterocycles. The molecule has 0 aliphatic carbocycles. The summed E-state index contributed by atoms with van der Waals surface area (Å²) in [5.41, 5.74) is 8.83. The van der Waals surface area contributed by atoms with Gasteiger partial charge in [-0.2, -0.15) is 0 Å². The van der Waals surface area contributed by atoms with Gasteiger partial charge in [0.2, 0.25) is 0 Å². The van der Waals surface area contributed by atoms with Crippen LogP contribution in [0.4, 0.5) is 4.79 Å². The van der Waals surface area contributed by atoms with Crippen molar-refractivity contribution in [2.75, 3.05) is 0 Å². The molecular formula is C26H26N4O4S. The highest BCUT2D eigenvalue weighted by Crippen LogP contribution is 2.35. The number of carbonyl (C=O) groups is 2. The fourth-order valence-corrected chi connectivity index (χ4v) is 5.12. The molecule has 8 nitrogen and oxygen atoms in total. The Kier molecular flexibility index (Phi) is 6.70. The van der Waals surface area contributed by atoms with Crippen molar-refractivity contribution in [1.29, 1.82) is 0 Å². The van der Waals surface area contributed by atoms with Crippen LogP contribution in [0.1, 0.15) is 34.9 Å². The normalized spacial score (nSPS) is 11.2. The lowest BCUT2D eigenvalue weighted by Gasteiger charge is -2.21. The maximum absolute atomic E-state index is 13.6. The summed E-state index contributed by atoms with van der Waals surface area (Å²) in [6.07, 6.45) is -1.17. The van der Waals surface area contributed by atoms with Gasteiger partial charge >= 0.3 is 6.09 Å². The van der Waals surface area contributed by atoms with Crippen molar-refractivity contribution in [3.63, 3.8) is 0 Å². The number of carboxylic acid groups (broad SMARTS) is 1. The van der Waals surface area contributed by atoms with Gasteiger partial charge in [-0.3, -0.25) is 9.59 Å². The van der Waals surface area contributed by atoms with E-state index < -0.39 is 12.0 Å². The summed E-state index contributed by atoms with van der Waals surface area (Å²) in [5, 5.41) is 13.6. The SMILES string of the molecule is Cc1nc(-c2ccc3c(=O)n(CC(C)C)c(CNC(=O)O)c(-c4ccccc4)c3c2)sc1C(N)=O. The number of rotatable bonds is 7. The van der Waals surface area contributed by atoms with E-state index in [1.807, 2.05) is 56.3 Å². The van der Waals surface area contributed by atoms with Crippen molar-refractivity contribution in [3.05, 3.63) is 75.1 Å². The second-order valence-electron chi connectivity index (χ2n) is 8.71. The molecule has 180 valence electrons. The van der Waals surface area contributed by atoms with Crippen LogP contribution in [0.25, 0.3) is 32.5 Å². The number of amides is 2. The predicted octanol–water partition coefficient (Wildman–Crippen LogP) is 4.62. The van der Waals surface area contributed by atoms with E-state index in [2.05, 4.69) is 10.3 Å². The number of aryl methyl sites for hydroxylation is 1. The second-order valence-corrected chi connectivity index (χ2v) is 9.71. The number of thiazole rings is 1. The van der Waals surface area contributed by atoms with Crippen LogP contribution in [-0.2, 0) is 13.1 Å². The molecular weight excluding hydrogens is 464 g/mol. The zero-order valence-electron chi connectivity index (χ0n) is 19.7. The number of benzene rings is 2. The molecule has 2 aromatic carbocycles. The maximum Gasteiger partial charge on any atom is 0.404 e. The van der Waals surface area contributed by atoms with E-state index in [9.17, 15) is 19.5 Å². The average molecular weight is 491 g/mol. The van der Waals surface area contributed by atoms with Crippen molar-refractivity contribution in [3.8, 4) is 21.7 Å². The van der Waals surface area contributed by atoms with Crippen molar-refractivity contribution >= 4 is 34.1 Å². The molecule has 0 atom stereocenters. The minimum absolute atomic E-state index is 0.0239. The molecule has 35 heavy (non-hydrogen) atoms. The van der Waals surface area contributed by atoms with E-state index >= 15 is 0 Å². The zero-order chi connectivity index (χ0) is 25.3. The average Bonchev–Trinajstić information content (AvgIpc) is 3.21. The minimum Gasteiger partial charge on any atom is -0.465 e. The Hall–Kier alpha value is -3.98. The van der Waals surface area contributed by atoms with Crippen LogP contribution in [0.3, 0.4) is 0 Å². The molecule has 2 heterocycles. The van der Waals surface area contributed by atoms with Gasteiger partial charge in [-0.25, -0.2) is 9.78 Å². The van der Waals surface area contributed by atoms with Crippen molar-refractivity contribution < 1.29 is 14.7 Å². The van der Waals surface area contributed by atoms with E-state index in [-0.39, 0.29) is 18.0 Å². The number of carbonyl (C=O) groups excluding carboxylic acids is 1. The number of hydrogen-bond acceptors (Lipinski definition) is 5. The van der Waals surface area contributed by atoms with Gasteiger partial charge in [0.05, 0.1) is 12.2 Å². The fraction of sp³-hybridized carbons (Fsp3) is 0.231. The third kappa shape index (κ3) is 4.81. The first-order valence-electron chi connectivity index (χ1n) is 11.2. The highest BCUT2D eigenvalue weighted by Gasteiger charge is 2.21. The Bertz CT molecular complexity index is 1490. The molecule has 0 saturated carbocycles. The largest absolute Gasteiger partial charge is 0.465 e. The van der Waals surface area contributed by atoms with Crippen molar-refractivity contribution in [1.82, 2.24) is 14.9 Å². The Morgan fingerprint density at radius 3 is 2.43 bits per heavy atom. The summed E-state index contributed by atoms with van der Waals surface area (Å²) in [4.78, 5) is 41.7. The quantitative estimate of drug-likeness (QED) is 0.348. The number of hydrogen-bond donors (Lipinski definition) is 3. The number of aromatic nitrogens is 2. The lowest BCUT2D eigenvalue weighted by atomic mass is 9.95. The molecule has 9 heteroatoms. The Balaban J connectivity index is 2.07. The molecule has 2 aromatic heterocycles. The smallest absolute Gasteiger partial charge is 0.404 e. The van der Waals surface area contributed by atoms with Crippen LogP contribution in [0.5, 0.6) is 0 Å². The zero-order valence-corrected chi connectivity index (χ0v) is 20.5. The summed E-state index contributed by atoms with van der Waals surface area (Å²) >= 11 is 1.21. The van der Waals surface area contributed by atoms with Gasteiger partial charge in [0.1, 0.15) is 9.88 Å². The highest BCUT2D eigenvalue weighted by molar-refractivity contribution is 7.17. The summed E-state index contributed by atoms with van der Waals surface area (Å²) < 4.78 is 1.67. The first kappa shape index (κ1) is 24.2.